The lowest BCUT2D eigenvalue weighted by atomic mass is 10.2. The largest absolute Gasteiger partial charge is 0.338 e. The summed E-state index contributed by atoms with van der Waals surface area (Å²) in [6.07, 6.45) is 1.75. The first-order valence-corrected chi connectivity index (χ1v) is 10.5. The van der Waals surface area contributed by atoms with E-state index < -0.39 is 10.0 Å². The van der Waals surface area contributed by atoms with Crippen LogP contribution < -0.4 is 0 Å². The van der Waals surface area contributed by atoms with Gasteiger partial charge in [0.05, 0.1) is 11.4 Å². The molecule has 3 rings (SSSR count). The minimum Gasteiger partial charge on any atom is -0.338 e. The van der Waals surface area contributed by atoms with Gasteiger partial charge in [0.25, 0.3) is 0 Å². The second-order valence-electron chi connectivity index (χ2n) is 6.62. The topological polar surface area (TPSA) is 96.6 Å². The van der Waals surface area contributed by atoms with Crippen LogP contribution >= 0.6 is 0 Å². The van der Waals surface area contributed by atoms with Gasteiger partial charge in [0.2, 0.25) is 15.9 Å². The number of benzene rings is 1. The molecule has 1 aromatic heterocycles. The van der Waals surface area contributed by atoms with Crippen molar-refractivity contribution < 1.29 is 17.7 Å². The van der Waals surface area contributed by atoms with Gasteiger partial charge in [-0.25, -0.2) is 8.42 Å². The van der Waals surface area contributed by atoms with Crippen LogP contribution in [0.5, 0.6) is 0 Å². The number of piperazine rings is 1. The van der Waals surface area contributed by atoms with Crippen molar-refractivity contribution in [3.8, 4) is 0 Å². The summed E-state index contributed by atoms with van der Waals surface area (Å²) in [7, 11) is -3.56. The molecule has 0 bridgehead atoms. The third-order valence-electron chi connectivity index (χ3n) is 4.57. The van der Waals surface area contributed by atoms with Crippen LogP contribution in [-0.4, -0.2) is 59.7 Å². The maximum Gasteiger partial charge on any atom is 0.243 e. The molecule has 0 atom stereocenters. The lowest BCUT2D eigenvalue weighted by molar-refractivity contribution is 0.101. The van der Waals surface area contributed by atoms with E-state index in [2.05, 4.69) is 22.0 Å². The van der Waals surface area contributed by atoms with Gasteiger partial charge in [0.1, 0.15) is 0 Å². The monoisotopic (exact) mass is 392 g/mol. The Hall–Kier alpha value is -2.10. The fourth-order valence-electron chi connectivity index (χ4n) is 3.01. The van der Waals surface area contributed by atoms with Crippen LogP contribution in [0.25, 0.3) is 0 Å². The number of carbonyl (C=O) groups is 1. The lowest BCUT2D eigenvalue weighted by Crippen LogP contribution is -2.48. The molecule has 2 heterocycles. The van der Waals surface area contributed by atoms with Crippen molar-refractivity contribution in [3.05, 3.63) is 41.5 Å². The molecule has 9 heteroatoms. The molecule has 0 amide bonds. The average molecular weight is 392 g/mol. The molecule has 1 aliphatic heterocycles. The minimum atomic E-state index is -3.56. The highest BCUT2D eigenvalue weighted by Gasteiger charge is 2.29. The Morgan fingerprint density at radius 1 is 1.15 bits per heavy atom. The third kappa shape index (κ3) is 4.60. The number of aromatic nitrogens is 2. The van der Waals surface area contributed by atoms with Gasteiger partial charge in [0, 0.05) is 38.2 Å². The Kier molecular flexibility index (Phi) is 6.03. The molecule has 1 aromatic carbocycles. The molecule has 1 saturated heterocycles. The van der Waals surface area contributed by atoms with Crippen LogP contribution in [0.3, 0.4) is 0 Å². The van der Waals surface area contributed by atoms with Crippen LogP contribution in [0.4, 0.5) is 0 Å². The van der Waals surface area contributed by atoms with E-state index in [1.54, 1.807) is 12.1 Å². The summed E-state index contributed by atoms with van der Waals surface area (Å²) in [4.78, 5) is 18.0. The van der Waals surface area contributed by atoms with Crippen LogP contribution in [0, 0.1) is 0 Å². The Morgan fingerprint density at radius 2 is 1.81 bits per heavy atom. The number of ketones is 1. The molecule has 0 spiro atoms. The fraction of sp³-hybridized carbons (Fsp3) is 0.500. The van der Waals surface area contributed by atoms with E-state index in [1.165, 1.54) is 23.4 Å². The summed E-state index contributed by atoms with van der Waals surface area (Å²) in [5.74, 6) is 1.19. The molecule has 8 nitrogen and oxygen atoms in total. The van der Waals surface area contributed by atoms with E-state index in [4.69, 9.17) is 4.52 Å². The average Bonchev–Trinajstić information content (AvgIpc) is 3.09. The van der Waals surface area contributed by atoms with Gasteiger partial charge in [-0.3, -0.25) is 9.69 Å². The number of nitrogens with zero attached hydrogens (tertiary/aromatic N) is 4. The van der Waals surface area contributed by atoms with Crippen LogP contribution in [0.2, 0.25) is 0 Å². The molecule has 1 aliphatic rings. The molecule has 0 radical (unpaired) electrons. The highest BCUT2D eigenvalue weighted by atomic mass is 32.2. The van der Waals surface area contributed by atoms with Crippen LogP contribution in [0.15, 0.2) is 33.7 Å². The van der Waals surface area contributed by atoms with Gasteiger partial charge < -0.3 is 4.52 Å². The van der Waals surface area contributed by atoms with Crippen molar-refractivity contribution in [2.75, 3.05) is 26.2 Å². The van der Waals surface area contributed by atoms with E-state index in [0.717, 1.165) is 12.8 Å². The summed E-state index contributed by atoms with van der Waals surface area (Å²) in [5, 5.41) is 3.94. The number of aryl methyl sites for hydroxylation is 1. The zero-order valence-electron chi connectivity index (χ0n) is 15.6. The van der Waals surface area contributed by atoms with Gasteiger partial charge in [0.15, 0.2) is 11.6 Å². The molecule has 2 aromatic rings. The van der Waals surface area contributed by atoms with Crippen molar-refractivity contribution >= 4 is 15.8 Å². The number of carbonyl (C=O) groups excluding carboxylic acids is 1. The molecular weight excluding hydrogens is 368 g/mol. The van der Waals surface area contributed by atoms with Gasteiger partial charge in [-0.15, -0.1) is 0 Å². The van der Waals surface area contributed by atoms with Crippen LogP contribution in [0.1, 0.15) is 42.3 Å². The highest BCUT2D eigenvalue weighted by molar-refractivity contribution is 7.89. The zero-order chi connectivity index (χ0) is 19.4. The van der Waals surface area contributed by atoms with Crippen LogP contribution in [-0.2, 0) is 23.0 Å². The summed E-state index contributed by atoms with van der Waals surface area (Å²) in [6.45, 7) is 6.02. The van der Waals surface area contributed by atoms with Crippen molar-refractivity contribution in [2.24, 2.45) is 0 Å². The first-order valence-electron chi connectivity index (χ1n) is 9.05. The first-order chi connectivity index (χ1) is 12.9. The Morgan fingerprint density at radius 3 is 2.41 bits per heavy atom. The molecule has 0 aliphatic carbocycles. The second kappa shape index (κ2) is 8.28. The molecule has 0 unspecified atom stereocenters. The SMILES string of the molecule is CCCc1noc(CN2CCN(S(=O)(=O)c3ccc(C(C)=O)cc3)CC2)n1. The molecule has 0 saturated carbocycles. The number of Topliss-reactive ketones (excluding diaryl/α,β-unsaturated/α-hetero) is 1. The number of hydrogen-bond acceptors (Lipinski definition) is 7. The Bertz CT molecular complexity index is 884. The molecule has 1 fully saturated rings. The molecule has 146 valence electrons. The van der Waals surface area contributed by atoms with E-state index in [9.17, 15) is 13.2 Å². The summed E-state index contributed by atoms with van der Waals surface area (Å²) in [5.41, 5.74) is 0.501. The number of hydrogen-bond donors (Lipinski definition) is 0. The second-order valence-corrected chi connectivity index (χ2v) is 8.55. The summed E-state index contributed by atoms with van der Waals surface area (Å²) < 4.78 is 32.3. The zero-order valence-corrected chi connectivity index (χ0v) is 16.4. The van der Waals surface area contributed by atoms with Gasteiger partial charge >= 0.3 is 0 Å². The van der Waals surface area contributed by atoms with Gasteiger partial charge in [-0.1, -0.05) is 24.2 Å². The maximum atomic E-state index is 12.8. The number of sulfonamides is 1. The predicted octanol–water partition coefficient (Wildman–Crippen LogP) is 1.73. The summed E-state index contributed by atoms with van der Waals surface area (Å²) >= 11 is 0. The van der Waals surface area contributed by atoms with Crippen molar-refractivity contribution in [3.63, 3.8) is 0 Å². The van der Waals surface area contributed by atoms with E-state index >= 15 is 0 Å². The van der Waals surface area contributed by atoms with Crippen molar-refractivity contribution in [1.82, 2.24) is 19.3 Å². The minimum absolute atomic E-state index is 0.0873. The Labute approximate surface area is 159 Å². The van der Waals surface area contributed by atoms with Gasteiger partial charge in [-0.2, -0.15) is 9.29 Å². The molecular formula is C18H24N4O4S. The number of rotatable bonds is 7. The lowest BCUT2D eigenvalue weighted by Gasteiger charge is -2.33. The summed E-state index contributed by atoms with van der Waals surface area (Å²) in [6, 6.07) is 6.09. The van der Waals surface area contributed by atoms with Crippen molar-refractivity contribution in [2.45, 2.75) is 38.1 Å². The van der Waals surface area contributed by atoms with Gasteiger partial charge in [-0.05, 0) is 25.5 Å². The molecule has 0 N–H and O–H groups in total. The van der Waals surface area contributed by atoms with Crippen molar-refractivity contribution in [1.29, 1.82) is 0 Å². The maximum absolute atomic E-state index is 12.8. The predicted molar refractivity (Wildman–Crippen MR) is 98.8 cm³/mol. The third-order valence-corrected chi connectivity index (χ3v) is 6.49. The van der Waals surface area contributed by atoms with E-state index in [0.29, 0.717) is 50.0 Å². The smallest absolute Gasteiger partial charge is 0.243 e. The normalized spacial score (nSPS) is 16.5. The van der Waals surface area contributed by atoms with E-state index in [-0.39, 0.29) is 10.7 Å². The quantitative estimate of drug-likeness (QED) is 0.662. The fourth-order valence-corrected chi connectivity index (χ4v) is 4.43. The Balaban J connectivity index is 1.59. The van der Waals surface area contributed by atoms with E-state index in [1.807, 2.05) is 0 Å². The molecule has 27 heavy (non-hydrogen) atoms. The first kappa shape index (κ1) is 19.7. The highest BCUT2D eigenvalue weighted by Crippen LogP contribution is 2.19. The standard InChI is InChI=1S/C18H24N4O4S/c1-3-4-17-19-18(26-20-17)13-21-9-11-22(12-10-21)27(24,25)16-7-5-15(6-8-16)14(2)23/h5-8H,3-4,9-13H2,1-2H3.